The van der Waals surface area contributed by atoms with Crippen molar-refractivity contribution < 1.29 is 9.21 Å². The number of amides is 1. The van der Waals surface area contributed by atoms with Gasteiger partial charge in [-0.15, -0.1) is 24.8 Å². The van der Waals surface area contributed by atoms with Gasteiger partial charge in [-0.25, -0.2) is 9.97 Å². The van der Waals surface area contributed by atoms with Crippen LogP contribution in [0.25, 0.3) is 0 Å². The summed E-state index contributed by atoms with van der Waals surface area (Å²) in [5.41, 5.74) is 0.300. The van der Waals surface area contributed by atoms with Gasteiger partial charge in [-0.1, -0.05) is 34.6 Å². The van der Waals surface area contributed by atoms with E-state index in [4.69, 9.17) is 9.40 Å². The van der Waals surface area contributed by atoms with E-state index in [2.05, 4.69) is 50.2 Å². The number of hydrogen-bond donors (Lipinski definition) is 2. The zero-order valence-electron chi connectivity index (χ0n) is 19.7. The molecule has 0 aliphatic carbocycles. The van der Waals surface area contributed by atoms with Crippen LogP contribution in [0, 0.1) is 5.92 Å². The molecule has 1 aliphatic heterocycles. The van der Waals surface area contributed by atoms with Gasteiger partial charge < -0.3 is 20.0 Å². The number of nitrogens with zero attached hydrogens (tertiary/aromatic N) is 3. The molecule has 2 aromatic rings. The highest BCUT2D eigenvalue weighted by Crippen LogP contribution is 2.25. The molecule has 32 heavy (non-hydrogen) atoms. The van der Waals surface area contributed by atoms with E-state index in [-0.39, 0.29) is 42.2 Å². The highest BCUT2D eigenvalue weighted by molar-refractivity contribution is 5.98. The highest BCUT2D eigenvalue weighted by atomic mass is 35.5. The van der Waals surface area contributed by atoms with Gasteiger partial charge in [-0.2, -0.15) is 0 Å². The van der Waals surface area contributed by atoms with Gasteiger partial charge in [0.25, 0.3) is 5.91 Å². The number of rotatable bonds is 7. The first-order valence-electron chi connectivity index (χ1n) is 10.9. The van der Waals surface area contributed by atoms with E-state index in [1.807, 2.05) is 17.0 Å². The number of nitrogens with one attached hydrogen (secondary N) is 2. The monoisotopic (exact) mass is 485 g/mol. The molecule has 3 heterocycles. The van der Waals surface area contributed by atoms with Gasteiger partial charge in [0, 0.05) is 30.7 Å². The Balaban J connectivity index is 0.00000256. The minimum Gasteiger partial charge on any atom is -0.467 e. The Morgan fingerprint density at radius 3 is 2.66 bits per heavy atom. The van der Waals surface area contributed by atoms with Crippen molar-refractivity contribution in [2.75, 3.05) is 25.0 Å². The fourth-order valence-electron chi connectivity index (χ4n) is 3.66. The summed E-state index contributed by atoms with van der Waals surface area (Å²) in [6, 6.07) is 3.94. The minimum atomic E-state index is -0.215. The normalized spacial score (nSPS) is 16.1. The molecule has 1 atom stereocenters. The second kappa shape index (κ2) is 12.4. The van der Waals surface area contributed by atoms with Gasteiger partial charge in [0.15, 0.2) is 0 Å². The summed E-state index contributed by atoms with van der Waals surface area (Å²) < 4.78 is 5.44. The van der Waals surface area contributed by atoms with Crippen LogP contribution in [0.1, 0.15) is 69.4 Å². The summed E-state index contributed by atoms with van der Waals surface area (Å²) in [6.45, 7) is 13.5. The predicted octanol–water partition coefficient (Wildman–Crippen LogP) is 4.67. The lowest BCUT2D eigenvalue weighted by atomic mass is 9.95. The Morgan fingerprint density at radius 1 is 1.34 bits per heavy atom. The lowest BCUT2D eigenvalue weighted by Crippen LogP contribution is -2.50. The van der Waals surface area contributed by atoms with Crippen molar-refractivity contribution in [3.05, 3.63) is 41.7 Å². The third-order valence-electron chi connectivity index (χ3n) is 5.23. The maximum absolute atomic E-state index is 13.7. The Kier molecular flexibility index (Phi) is 10.9. The lowest BCUT2D eigenvalue weighted by Gasteiger charge is -2.36. The number of furan rings is 1. The molecule has 2 N–H and O–H groups in total. The number of hydrogen-bond acceptors (Lipinski definition) is 6. The molecule has 180 valence electrons. The molecule has 9 heteroatoms. The largest absolute Gasteiger partial charge is 0.467 e. The van der Waals surface area contributed by atoms with Gasteiger partial charge >= 0.3 is 0 Å². The number of carbonyl (C=O) groups is 1. The lowest BCUT2D eigenvalue weighted by molar-refractivity contribution is 0.0620. The first kappa shape index (κ1) is 28.2. The minimum absolute atomic E-state index is 0. The van der Waals surface area contributed by atoms with Gasteiger partial charge in [0.05, 0.1) is 12.8 Å². The highest BCUT2D eigenvalue weighted by Gasteiger charge is 2.30. The van der Waals surface area contributed by atoms with Gasteiger partial charge in [-0.05, 0) is 37.4 Å². The third kappa shape index (κ3) is 7.36. The molecule has 0 saturated carbocycles. The summed E-state index contributed by atoms with van der Waals surface area (Å²) in [5, 5.41) is 6.74. The first-order valence-corrected chi connectivity index (χ1v) is 10.9. The van der Waals surface area contributed by atoms with Crippen LogP contribution in [0.4, 0.5) is 5.82 Å². The van der Waals surface area contributed by atoms with Crippen molar-refractivity contribution in [1.29, 1.82) is 0 Å². The maximum Gasteiger partial charge on any atom is 0.259 e. The molecule has 0 radical (unpaired) electrons. The van der Waals surface area contributed by atoms with Crippen molar-refractivity contribution in [3.8, 4) is 0 Å². The third-order valence-corrected chi connectivity index (χ3v) is 5.23. The fourth-order valence-corrected chi connectivity index (χ4v) is 3.66. The molecule has 0 bridgehead atoms. The average Bonchev–Trinajstić information content (AvgIpc) is 3.23. The van der Waals surface area contributed by atoms with E-state index < -0.39 is 0 Å². The number of aromatic nitrogens is 2. The Bertz CT molecular complexity index is 831. The van der Waals surface area contributed by atoms with Crippen LogP contribution in [0.5, 0.6) is 0 Å². The Morgan fingerprint density at radius 2 is 2.09 bits per heavy atom. The van der Waals surface area contributed by atoms with Crippen LogP contribution in [0.2, 0.25) is 0 Å². The molecule has 1 amide bonds. The molecule has 7 nitrogen and oxygen atoms in total. The summed E-state index contributed by atoms with van der Waals surface area (Å²) in [6.07, 6.45) is 5.42. The second-order valence-electron chi connectivity index (χ2n) is 9.49. The molecule has 2 aromatic heterocycles. The second-order valence-corrected chi connectivity index (χ2v) is 9.49. The van der Waals surface area contributed by atoms with Crippen LogP contribution in [-0.2, 0) is 12.0 Å². The molecule has 1 aliphatic rings. The van der Waals surface area contributed by atoms with E-state index in [0.29, 0.717) is 36.2 Å². The molecule has 1 fully saturated rings. The van der Waals surface area contributed by atoms with Crippen molar-refractivity contribution in [3.63, 3.8) is 0 Å². The van der Waals surface area contributed by atoms with E-state index in [0.717, 1.165) is 31.7 Å². The Hall–Kier alpha value is -1.83. The number of piperidine rings is 1. The van der Waals surface area contributed by atoms with E-state index in [9.17, 15) is 4.79 Å². The Labute approximate surface area is 204 Å². The predicted molar refractivity (Wildman–Crippen MR) is 133 cm³/mol. The summed E-state index contributed by atoms with van der Waals surface area (Å²) in [5.74, 6) is 2.43. The summed E-state index contributed by atoms with van der Waals surface area (Å²) in [4.78, 5) is 25.0. The number of anilines is 1. The molecule has 1 saturated heterocycles. The smallest absolute Gasteiger partial charge is 0.259 e. The molecular formula is C23H37Cl2N5O2. The zero-order chi connectivity index (χ0) is 21.7. The molecule has 1 unspecified atom stereocenters. The molecule has 0 aromatic carbocycles. The average molecular weight is 486 g/mol. The fraction of sp³-hybridized carbons (Fsp3) is 0.609. The van der Waals surface area contributed by atoms with Gasteiger partial charge in [-0.3, -0.25) is 4.79 Å². The van der Waals surface area contributed by atoms with Crippen molar-refractivity contribution in [1.82, 2.24) is 20.2 Å². The molecule has 3 rings (SSSR count). The topological polar surface area (TPSA) is 83.3 Å². The molecular weight excluding hydrogens is 449 g/mol. The van der Waals surface area contributed by atoms with E-state index in [1.54, 1.807) is 12.5 Å². The maximum atomic E-state index is 13.7. The van der Waals surface area contributed by atoms with Crippen molar-refractivity contribution >= 4 is 36.5 Å². The van der Waals surface area contributed by atoms with Crippen molar-refractivity contribution in [2.24, 2.45) is 5.92 Å². The van der Waals surface area contributed by atoms with Crippen molar-refractivity contribution in [2.45, 2.75) is 65.5 Å². The van der Waals surface area contributed by atoms with Crippen LogP contribution in [-0.4, -0.2) is 46.5 Å². The quantitative estimate of drug-likeness (QED) is 0.592. The standard InChI is InChI=1S/C23H35N5O2.2ClH/c1-16(2)15-28(17-8-6-10-24-12-17)21(29)19-14-26-22(23(3,4)5)27-20(19)25-13-18-9-7-11-30-18;;/h7,9,11,14,16-17,24H,6,8,10,12-13,15H2,1-5H3,(H,25,26,27);2*1H. The van der Waals surface area contributed by atoms with Gasteiger partial charge in [0.1, 0.15) is 23.0 Å². The molecule has 0 spiro atoms. The summed E-state index contributed by atoms with van der Waals surface area (Å²) in [7, 11) is 0. The van der Waals surface area contributed by atoms with E-state index in [1.165, 1.54) is 0 Å². The summed E-state index contributed by atoms with van der Waals surface area (Å²) >= 11 is 0. The van der Waals surface area contributed by atoms with Crippen LogP contribution >= 0.6 is 24.8 Å². The zero-order valence-corrected chi connectivity index (χ0v) is 21.3. The van der Waals surface area contributed by atoms with Gasteiger partial charge in [0.2, 0.25) is 0 Å². The SMILES string of the molecule is CC(C)CN(C(=O)c1cnc(C(C)(C)C)nc1NCc1ccco1)C1CCCNC1.Cl.Cl. The number of halogens is 2. The number of carbonyl (C=O) groups excluding carboxylic acids is 1. The first-order chi connectivity index (χ1) is 14.3. The van der Waals surface area contributed by atoms with Crippen LogP contribution in [0.15, 0.2) is 29.0 Å². The van der Waals surface area contributed by atoms with Crippen LogP contribution in [0.3, 0.4) is 0 Å². The van der Waals surface area contributed by atoms with E-state index >= 15 is 0 Å². The van der Waals surface area contributed by atoms with Crippen LogP contribution < -0.4 is 10.6 Å².